The summed E-state index contributed by atoms with van der Waals surface area (Å²) in [7, 11) is 0. The van der Waals surface area contributed by atoms with E-state index in [2.05, 4.69) is 23.4 Å². The molecule has 0 saturated heterocycles. The van der Waals surface area contributed by atoms with Gasteiger partial charge in [0.25, 0.3) is 0 Å². The molecule has 0 bridgehead atoms. The smallest absolute Gasteiger partial charge is 0.0355 e. The molecule has 1 aromatic carbocycles. The van der Waals surface area contributed by atoms with Gasteiger partial charge in [-0.15, -0.1) is 0 Å². The number of thioether (sulfide) groups is 1. The molecule has 0 radical (unpaired) electrons. The number of rotatable bonds is 3. The summed E-state index contributed by atoms with van der Waals surface area (Å²) in [6.45, 7) is 0. The molecule has 3 heteroatoms. The van der Waals surface area contributed by atoms with Gasteiger partial charge in [0, 0.05) is 23.8 Å². The first-order valence-electron chi connectivity index (χ1n) is 5.09. The minimum Gasteiger partial charge on any atom is -0.398 e. The molecule has 0 amide bonds. The highest BCUT2D eigenvalue weighted by atomic mass is 32.2. The zero-order valence-electron chi connectivity index (χ0n) is 9.18. The van der Waals surface area contributed by atoms with E-state index in [0.29, 0.717) is 0 Å². The number of hydrogen-bond acceptors (Lipinski definition) is 3. The maximum Gasteiger partial charge on any atom is 0.0355 e. The van der Waals surface area contributed by atoms with Crippen molar-refractivity contribution in [1.82, 2.24) is 4.98 Å². The molecule has 0 aliphatic rings. The van der Waals surface area contributed by atoms with Gasteiger partial charge in [-0.3, -0.25) is 4.98 Å². The number of benzene rings is 1. The van der Waals surface area contributed by atoms with Crippen LogP contribution in [-0.2, 0) is 5.75 Å². The van der Waals surface area contributed by atoms with Crippen molar-refractivity contribution in [3.63, 3.8) is 0 Å². The maximum absolute atomic E-state index is 5.93. The highest BCUT2D eigenvalue weighted by molar-refractivity contribution is 7.97. The Morgan fingerprint density at radius 2 is 1.88 bits per heavy atom. The van der Waals surface area contributed by atoms with E-state index in [1.165, 1.54) is 16.7 Å². The summed E-state index contributed by atoms with van der Waals surface area (Å²) >= 11 is 1.78. The molecule has 2 aromatic rings. The lowest BCUT2D eigenvalue weighted by molar-refractivity contribution is 1.33. The van der Waals surface area contributed by atoms with Crippen molar-refractivity contribution in [2.45, 2.75) is 5.75 Å². The molecule has 0 spiro atoms. The van der Waals surface area contributed by atoms with Crippen LogP contribution in [0.4, 0.5) is 5.69 Å². The Balaban J connectivity index is 2.40. The Labute approximate surface area is 99.9 Å². The van der Waals surface area contributed by atoms with E-state index in [9.17, 15) is 0 Å². The Bertz CT molecular complexity index is 469. The third-order valence-electron chi connectivity index (χ3n) is 2.46. The Kier molecular flexibility index (Phi) is 3.47. The average molecular weight is 230 g/mol. The molecule has 0 saturated carbocycles. The van der Waals surface area contributed by atoms with E-state index in [1.807, 2.05) is 18.2 Å². The second kappa shape index (κ2) is 5.03. The summed E-state index contributed by atoms with van der Waals surface area (Å²) in [6, 6.07) is 10.2. The molecule has 0 unspecified atom stereocenters. The number of pyridine rings is 1. The molecule has 1 aromatic heterocycles. The third kappa shape index (κ3) is 2.36. The molecule has 2 nitrogen and oxygen atoms in total. The van der Waals surface area contributed by atoms with Gasteiger partial charge < -0.3 is 5.73 Å². The Morgan fingerprint density at radius 1 is 1.12 bits per heavy atom. The van der Waals surface area contributed by atoms with Crippen molar-refractivity contribution in [2.24, 2.45) is 0 Å². The predicted octanol–water partition coefficient (Wildman–Crippen LogP) is 3.19. The van der Waals surface area contributed by atoms with Crippen molar-refractivity contribution in [1.29, 1.82) is 0 Å². The molecular formula is C13H14N2S. The second-order valence-corrected chi connectivity index (χ2v) is 4.45. The van der Waals surface area contributed by atoms with Gasteiger partial charge in [0.15, 0.2) is 0 Å². The van der Waals surface area contributed by atoms with Gasteiger partial charge in [0.05, 0.1) is 0 Å². The highest BCUT2D eigenvalue weighted by Crippen LogP contribution is 2.25. The van der Waals surface area contributed by atoms with Crippen LogP contribution in [-0.4, -0.2) is 11.2 Å². The van der Waals surface area contributed by atoms with E-state index < -0.39 is 0 Å². The summed E-state index contributed by atoms with van der Waals surface area (Å²) in [5, 5.41) is 0. The fourth-order valence-corrected chi connectivity index (χ4v) is 2.17. The van der Waals surface area contributed by atoms with E-state index in [1.54, 1.807) is 24.2 Å². The van der Waals surface area contributed by atoms with Crippen LogP contribution < -0.4 is 5.73 Å². The van der Waals surface area contributed by atoms with Crippen LogP contribution in [0.3, 0.4) is 0 Å². The molecule has 1 heterocycles. The van der Waals surface area contributed by atoms with Crippen molar-refractivity contribution in [2.75, 3.05) is 12.0 Å². The van der Waals surface area contributed by atoms with Gasteiger partial charge in [0.1, 0.15) is 0 Å². The Morgan fingerprint density at radius 3 is 2.56 bits per heavy atom. The summed E-state index contributed by atoms with van der Waals surface area (Å²) in [4.78, 5) is 4.02. The lowest BCUT2D eigenvalue weighted by Gasteiger charge is -2.07. The summed E-state index contributed by atoms with van der Waals surface area (Å²) in [5.74, 6) is 0.949. The van der Waals surface area contributed by atoms with Crippen molar-refractivity contribution >= 4 is 17.4 Å². The Hall–Kier alpha value is -1.48. The average Bonchev–Trinajstić information content (AvgIpc) is 2.33. The summed E-state index contributed by atoms with van der Waals surface area (Å²) in [6.07, 6.45) is 5.69. The van der Waals surface area contributed by atoms with Gasteiger partial charge >= 0.3 is 0 Å². The van der Waals surface area contributed by atoms with E-state index in [4.69, 9.17) is 5.73 Å². The summed E-state index contributed by atoms with van der Waals surface area (Å²) in [5.41, 5.74) is 10.4. The first kappa shape index (κ1) is 11.0. The zero-order chi connectivity index (χ0) is 11.4. The van der Waals surface area contributed by atoms with Crippen molar-refractivity contribution in [3.8, 4) is 11.1 Å². The van der Waals surface area contributed by atoms with E-state index in [0.717, 1.165) is 11.4 Å². The largest absolute Gasteiger partial charge is 0.398 e. The third-order valence-corrected chi connectivity index (χ3v) is 3.06. The number of nitrogen functional groups attached to an aromatic ring is 1. The fraction of sp³-hybridized carbons (Fsp3) is 0.154. The van der Waals surface area contributed by atoms with Crippen LogP contribution in [0.2, 0.25) is 0 Å². The molecule has 0 fully saturated rings. The van der Waals surface area contributed by atoms with E-state index in [-0.39, 0.29) is 0 Å². The molecule has 16 heavy (non-hydrogen) atoms. The van der Waals surface area contributed by atoms with Gasteiger partial charge in [0.2, 0.25) is 0 Å². The van der Waals surface area contributed by atoms with Crippen LogP contribution in [0.5, 0.6) is 0 Å². The SMILES string of the molecule is CSCc1cc(-c2ccncc2)ccc1N. The van der Waals surface area contributed by atoms with Gasteiger partial charge in [-0.05, 0) is 47.2 Å². The van der Waals surface area contributed by atoms with Crippen molar-refractivity contribution < 1.29 is 0 Å². The highest BCUT2D eigenvalue weighted by Gasteiger charge is 2.02. The van der Waals surface area contributed by atoms with Crippen LogP contribution in [0.15, 0.2) is 42.7 Å². The molecule has 2 N–H and O–H groups in total. The van der Waals surface area contributed by atoms with Crippen molar-refractivity contribution in [3.05, 3.63) is 48.3 Å². The van der Waals surface area contributed by atoms with Gasteiger partial charge in [-0.2, -0.15) is 11.8 Å². The molecule has 0 aliphatic carbocycles. The van der Waals surface area contributed by atoms with Gasteiger partial charge in [-0.25, -0.2) is 0 Å². The predicted molar refractivity (Wildman–Crippen MR) is 71.3 cm³/mol. The topological polar surface area (TPSA) is 38.9 Å². The molecule has 0 aliphatic heterocycles. The normalized spacial score (nSPS) is 10.3. The van der Waals surface area contributed by atoms with Crippen LogP contribution >= 0.6 is 11.8 Å². The number of nitrogens with two attached hydrogens (primary N) is 1. The summed E-state index contributed by atoms with van der Waals surface area (Å²) < 4.78 is 0. The van der Waals surface area contributed by atoms with E-state index >= 15 is 0 Å². The second-order valence-electron chi connectivity index (χ2n) is 3.58. The number of nitrogens with zero attached hydrogens (tertiary/aromatic N) is 1. The van der Waals surface area contributed by atoms with Crippen LogP contribution in [0.25, 0.3) is 11.1 Å². The minimum absolute atomic E-state index is 0.868. The minimum atomic E-state index is 0.868. The first-order chi connectivity index (χ1) is 7.81. The zero-order valence-corrected chi connectivity index (χ0v) is 10.00. The first-order valence-corrected chi connectivity index (χ1v) is 6.48. The number of aromatic nitrogens is 1. The number of hydrogen-bond donors (Lipinski definition) is 1. The molecule has 2 rings (SSSR count). The maximum atomic E-state index is 5.93. The van der Waals surface area contributed by atoms with Crippen LogP contribution in [0.1, 0.15) is 5.56 Å². The number of anilines is 1. The monoisotopic (exact) mass is 230 g/mol. The molecule has 82 valence electrons. The van der Waals surface area contributed by atoms with Crippen LogP contribution in [0, 0.1) is 0 Å². The lowest BCUT2D eigenvalue weighted by atomic mass is 10.0. The quantitative estimate of drug-likeness (QED) is 0.823. The fourth-order valence-electron chi connectivity index (χ4n) is 1.61. The molecule has 0 atom stereocenters. The molecular weight excluding hydrogens is 216 g/mol. The lowest BCUT2D eigenvalue weighted by Crippen LogP contribution is -1.93. The standard InChI is InChI=1S/C13H14N2S/c1-16-9-12-8-11(2-3-13(12)14)10-4-6-15-7-5-10/h2-8H,9,14H2,1H3. The van der Waals surface area contributed by atoms with Gasteiger partial charge in [-0.1, -0.05) is 6.07 Å².